The number of aromatic nitrogens is 2. The van der Waals surface area contributed by atoms with E-state index in [0.29, 0.717) is 11.5 Å². The summed E-state index contributed by atoms with van der Waals surface area (Å²) in [6.07, 6.45) is 1.30. The average molecular weight is 330 g/mol. The van der Waals surface area contributed by atoms with Crippen molar-refractivity contribution in [2.24, 2.45) is 0 Å². The first-order valence-electron chi connectivity index (χ1n) is 5.19. The van der Waals surface area contributed by atoms with Crippen LogP contribution in [-0.2, 0) is 10.0 Å². The molecule has 1 heterocycles. The molecule has 2 aromatic rings. The number of hydrogen-bond acceptors (Lipinski definition) is 3. The molecular formula is C11H12BrN3O2S. The summed E-state index contributed by atoms with van der Waals surface area (Å²) in [5.41, 5.74) is 1.38. The summed E-state index contributed by atoms with van der Waals surface area (Å²) >= 11 is 3.33. The lowest BCUT2D eigenvalue weighted by Gasteiger charge is -2.09. The lowest BCUT2D eigenvalue weighted by Crippen LogP contribution is -2.14. The fourth-order valence-electron chi connectivity index (χ4n) is 1.48. The van der Waals surface area contributed by atoms with E-state index in [1.54, 1.807) is 19.1 Å². The Morgan fingerprint density at radius 3 is 2.61 bits per heavy atom. The molecule has 0 radical (unpaired) electrons. The van der Waals surface area contributed by atoms with Gasteiger partial charge in [-0.15, -0.1) is 0 Å². The molecule has 0 amide bonds. The van der Waals surface area contributed by atoms with Crippen molar-refractivity contribution in [2.45, 2.75) is 18.9 Å². The van der Waals surface area contributed by atoms with E-state index < -0.39 is 10.0 Å². The number of nitrogens with zero attached hydrogens (tertiary/aromatic N) is 1. The second kappa shape index (κ2) is 4.74. The normalized spacial score (nSPS) is 11.5. The Labute approximate surface area is 114 Å². The molecule has 2 N–H and O–H groups in total. The second-order valence-corrected chi connectivity index (χ2v) is 6.46. The third kappa shape index (κ3) is 2.73. The molecule has 0 aliphatic carbocycles. The summed E-state index contributed by atoms with van der Waals surface area (Å²) in [5.74, 6) is 0.558. The number of halogens is 1. The number of aryl methyl sites for hydroxylation is 2. The number of nitrogens with one attached hydrogen (secondary N) is 2. The molecule has 96 valence electrons. The zero-order chi connectivity index (χ0) is 13.3. The molecule has 0 bridgehead atoms. The van der Waals surface area contributed by atoms with Gasteiger partial charge < -0.3 is 4.98 Å². The third-order valence-corrected chi connectivity index (χ3v) is 4.17. The van der Waals surface area contributed by atoms with Crippen molar-refractivity contribution in [1.29, 1.82) is 0 Å². The van der Waals surface area contributed by atoms with Crippen LogP contribution in [0.4, 0.5) is 5.69 Å². The molecule has 2 rings (SSSR count). The smallest absolute Gasteiger partial charge is 0.278 e. The van der Waals surface area contributed by atoms with Crippen LogP contribution >= 0.6 is 15.9 Å². The molecular weight excluding hydrogens is 318 g/mol. The first-order chi connectivity index (χ1) is 8.38. The number of rotatable bonds is 3. The van der Waals surface area contributed by atoms with Gasteiger partial charge in [-0.2, -0.15) is 8.42 Å². The van der Waals surface area contributed by atoms with Gasteiger partial charge in [-0.3, -0.25) is 4.72 Å². The van der Waals surface area contributed by atoms with Gasteiger partial charge >= 0.3 is 0 Å². The molecule has 0 atom stereocenters. The van der Waals surface area contributed by atoms with Crippen LogP contribution in [0.25, 0.3) is 0 Å². The second-order valence-electron chi connectivity index (χ2n) is 3.90. The minimum absolute atomic E-state index is 0.0577. The van der Waals surface area contributed by atoms with Crippen LogP contribution < -0.4 is 4.72 Å². The van der Waals surface area contributed by atoms with Crippen LogP contribution in [0.2, 0.25) is 0 Å². The van der Waals surface area contributed by atoms with E-state index in [2.05, 4.69) is 30.6 Å². The Kier molecular flexibility index (Phi) is 3.45. The third-order valence-electron chi connectivity index (χ3n) is 2.40. The monoisotopic (exact) mass is 329 g/mol. The van der Waals surface area contributed by atoms with E-state index in [1.807, 2.05) is 13.0 Å². The number of anilines is 1. The molecule has 7 heteroatoms. The van der Waals surface area contributed by atoms with Gasteiger partial charge in [0.2, 0.25) is 0 Å². The van der Waals surface area contributed by atoms with Gasteiger partial charge in [0.15, 0.2) is 5.03 Å². The summed E-state index contributed by atoms with van der Waals surface area (Å²) in [5, 5.41) is 0.0577. The van der Waals surface area contributed by atoms with Crippen molar-refractivity contribution in [2.75, 3.05) is 4.72 Å². The van der Waals surface area contributed by atoms with Gasteiger partial charge in [0, 0.05) is 4.47 Å². The minimum atomic E-state index is -3.61. The molecule has 18 heavy (non-hydrogen) atoms. The maximum absolute atomic E-state index is 12.1. The molecule has 5 nitrogen and oxygen atoms in total. The topological polar surface area (TPSA) is 74.8 Å². The highest BCUT2D eigenvalue weighted by Crippen LogP contribution is 2.22. The quantitative estimate of drug-likeness (QED) is 0.908. The highest BCUT2D eigenvalue weighted by Gasteiger charge is 2.17. The van der Waals surface area contributed by atoms with Gasteiger partial charge in [-0.25, -0.2) is 4.98 Å². The minimum Gasteiger partial charge on any atom is -0.332 e. The zero-order valence-electron chi connectivity index (χ0n) is 9.86. The Balaban J connectivity index is 2.33. The molecule has 0 fully saturated rings. The van der Waals surface area contributed by atoms with Gasteiger partial charge in [0.25, 0.3) is 10.0 Å². The predicted molar refractivity (Wildman–Crippen MR) is 73.0 cm³/mol. The molecule has 0 aliphatic rings. The summed E-state index contributed by atoms with van der Waals surface area (Å²) in [6.45, 7) is 3.53. The SMILES string of the molecule is Cc1ncc(S(=O)(=O)Nc2ccc(Br)cc2C)[nH]1. The van der Waals surface area contributed by atoms with Crippen LogP contribution in [0.3, 0.4) is 0 Å². The fourth-order valence-corrected chi connectivity index (χ4v) is 3.05. The molecule has 1 aromatic heterocycles. The molecule has 0 unspecified atom stereocenters. The number of imidazole rings is 1. The highest BCUT2D eigenvalue weighted by molar-refractivity contribution is 9.10. The van der Waals surface area contributed by atoms with Crippen molar-refractivity contribution < 1.29 is 8.42 Å². The lowest BCUT2D eigenvalue weighted by molar-refractivity contribution is 0.598. The zero-order valence-corrected chi connectivity index (χ0v) is 12.3. The number of benzene rings is 1. The molecule has 0 saturated heterocycles. The maximum atomic E-state index is 12.1. The van der Waals surface area contributed by atoms with E-state index in [4.69, 9.17) is 0 Å². The van der Waals surface area contributed by atoms with Gasteiger partial charge in [-0.1, -0.05) is 15.9 Å². The first-order valence-corrected chi connectivity index (χ1v) is 7.47. The van der Waals surface area contributed by atoms with E-state index in [1.165, 1.54) is 6.20 Å². The van der Waals surface area contributed by atoms with Crippen LogP contribution in [0, 0.1) is 13.8 Å². The van der Waals surface area contributed by atoms with E-state index in [0.717, 1.165) is 10.0 Å². The summed E-state index contributed by atoms with van der Waals surface area (Å²) in [4.78, 5) is 6.58. The van der Waals surface area contributed by atoms with Crippen LogP contribution in [0.15, 0.2) is 33.9 Å². The average Bonchev–Trinajstić information content (AvgIpc) is 2.70. The predicted octanol–water partition coefficient (Wildman–Crippen LogP) is 2.59. The Hall–Kier alpha value is -1.34. The van der Waals surface area contributed by atoms with Crippen LogP contribution in [0.5, 0.6) is 0 Å². The number of hydrogen-bond donors (Lipinski definition) is 2. The van der Waals surface area contributed by atoms with E-state index >= 15 is 0 Å². The van der Waals surface area contributed by atoms with Crippen LogP contribution in [-0.4, -0.2) is 18.4 Å². The number of H-pyrrole nitrogens is 1. The molecule has 0 saturated carbocycles. The summed E-state index contributed by atoms with van der Waals surface area (Å²) in [6, 6.07) is 5.33. The van der Waals surface area contributed by atoms with E-state index in [-0.39, 0.29) is 5.03 Å². The van der Waals surface area contributed by atoms with Gasteiger partial charge in [0.1, 0.15) is 5.82 Å². The summed E-state index contributed by atoms with van der Waals surface area (Å²) in [7, 11) is -3.61. The lowest BCUT2D eigenvalue weighted by atomic mass is 10.2. The fraction of sp³-hybridized carbons (Fsp3) is 0.182. The molecule has 0 aliphatic heterocycles. The maximum Gasteiger partial charge on any atom is 0.278 e. The van der Waals surface area contributed by atoms with Crippen molar-refractivity contribution >= 4 is 31.6 Å². The van der Waals surface area contributed by atoms with Crippen LogP contribution in [0.1, 0.15) is 11.4 Å². The Morgan fingerprint density at radius 1 is 1.33 bits per heavy atom. The molecule has 1 aromatic carbocycles. The van der Waals surface area contributed by atoms with Crippen molar-refractivity contribution in [1.82, 2.24) is 9.97 Å². The number of aromatic amines is 1. The highest BCUT2D eigenvalue weighted by atomic mass is 79.9. The molecule has 0 spiro atoms. The number of sulfonamides is 1. The summed E-state index contributed by atoms with van der Waals surface area (Å²) < 4.78 is 27.5. The van der Waals surface area contributed by atoms with Crippen molar-refractivity contribution in [3.8, 4) is 0 Å². The van der Waals surface area contributed by atoms with Gasteiger partial charge in [-0.05, 0) is 37.6 Å². The first kappa shape index (κ1) is 13.1. The standard InChI is InChI=1S/C11H12BrN3O2S/c1-7-5-9(12)3-4-10(7)15-18(16,17)11-6-13-8(2)14-11/h3-6,15H,1-2H3,(H,13,14). The Morgan fingerprint density at radius 2 is 2.06 bits per heavy atom. The largest absolute Gasteiger partial charge is 0.332 e. The van der Waals surface area contributed by atoms with Gasteiger partial charge in [0.05, 0.1) is 11.9 Å². The van der Waals surface area contributed by atoms with Crippen molar-refractivity contribution in [3.05, 3.63) is 40.3 Å². The Bertz CT molecular complexity index is 679. The van der Waals surface area contributed by atoms with Crippen molar-refractivity contribution in [3.63, 3.8) is 0 Å². The van der Waals surface area contributed by atoms with E-state index in [9.17, 15) is 8.42 Å².